The van der Waals surface area contributed by atoms with E-state index in [4.69, 9.17) is 0 Å². The van der Waals surface area contributed by atoms with Gasteiger partial charge in [0, 0.05) is 19.8 Å². The van der Waals surface area contributed by atoms with Gasteiger partial charge in [0.05, 0.1) is 16.9 Å². The normalized spacial score (nSPS) is 46.4. The standard InChI is InChI=1S/C31H28FN5O6S4/c1-26-22(40)36-18-11-13-9-10-14(32)12-16(13)28(18,19(38)30(36,46-44-26)24(42)34(26)3)29-15-7-5-6-8-17(15)33-21(29)37-23(41)27(2)35(4)25(43)31(37,20(29)39)47-45-27/h5-10,12,18-21,33,38-39H,11H2,1-4H3/t18-,19-,20-,21+,26-,27-,28-,29+,30-,31-/m0/s1. The minimum Gasteiger partial charge on any atom is -0.388 e. The first-order chi connectivity index (χ1) is 22.2. The Morgan fingerprint density at radius 3 is 2.00 bits per heavy atom. The Labute approximate surface area is 284 Å². The smallest absolute Gasteiger partial charge is 0.264 e. The molecule has 16 heteroatoms. The van der Waals surface area contributed by atoms with E-state index in [0.717, 1.165) is 21.6 Å². The van der Waals surface area contributed by atoms with Crippen LogP contribution in [0.5, 0.6) is 0 Å². The summed E-state index contributed by atoms with van der Waals surface area (Å²) in [5.74, 6) is -2.30. The maximum Gasteiger partial charge on any atom is 0.264 e. The second kappa shape index (κ2) is 8.21. The minimum absolute atomic E-state index is 0.163. The number of aliphatic hydroxyl groups is 2. The van der Waals surface area contributed by atoms with Gasteiger partial charge in [0.2, 0.25) is 9.74 Å². The number of aliphatic hydroxyl groups excluding tert-OH is 2. The highest BCUT2D eigenvalue weighted by molar-refractivity contribution is 8.78. The number of nitrogens with one attached hydrogen (secondary N) is 1. The molecule has 47 heavy (non-hydrogen) atoms. The third-order valence-electron chi connectivity index (χ3n) is 12.5. The molecule has 9 heterocycles. The van der Waals surface area contributed by atoms with Gasteiger partial charge in [-0.2, -0.15) is 0 Å². The lowest BCUT2D eigenvalue weighted by molar-refractivity contribution is -0.166. The van der Waals surface area contributed by atoms with Gasteiger partial charge < -0.3 is 30.2 Å². The maximum atomic E-state index is 15.6. The van der Waals surface area contributed by atoms with Crippen molar-refractivity contribution in [2.45, 2.75) is 75.0 Å². The summed E-state index contributed by atoms with van der Waals surface area (Å²) in [5, 5.41) is 30.0. The SMILES string of the molecule is CN1C(=O)[C@]23SS[C@@]1(C)C(=O)N2[C@H]1Cc2ccc(F)cc2[C@@]1([C@@]12c4ccccc4N[C@@H]1N1C(=O)[C@]4(C)SS[C@]1(C(=O)N4C)[C@H]2O)[C@@H]3O. The van der Waals surface area contributed by atoms with Gasteiger partial charge in [-0.3, -0.25) is 24.1 Å². The van der Waals surface area contributed by atoms with Crippen LogP contribution in [0.3, 0.4) is 0 Å². The van der Waals surface area contributed by atoms with Crippen LogP contribution in [0.1, 0.15) is 30.5 Å². The lowest BCUT2D eigenvalue weighted by Gasteiger charge is -2.58. The number of hydrogen-bond donors (Lipinski definition) is 3. The number of rotatable bonds is 1. The molecular weight excluding hydrogens is 686 g/mol. The number of carbonyl (C=O) groups excluding carboxylic acids is 4. The summed E-state index contributed by atoms with van der Waals surface area (Å²) in [6, 6.07) is 10.5. The van der Waals surface area contributed by atoms with Crippen LogP contribution in [0.2, 0.25) is 0 Å². The summed E-state index contributed by atoms with van der Waals surface area (Å²) in [6.45, 7) is 3.35. The number of halogens is 1. The van der Waals surface area contributed by atoms with Crippen LogP contribution in [0.4, 0.5) is 10.1 Å². The van der Waals surface area contributed by atoms with Crippen LogP contribution in [-0.4, -0.2) is 111 Å². The molecule has 0 aromatic heterocycles. The largest absolute Gasteiger partial charge is 0.388 e. The molecule has 8 saturated heterocycles. The molecule has 11 nitrogen and oxygen atoms in total. The summed E-state index contributed by atoms with van der Waals surface area (Å²) in [4.78, 5) is 57.9. The van der Waals surface area contributed by atoms with E-state index in [1.807, 2.05) is 0 Å². The molecule has 9 aliphatic heterocycles. The molecule has 10 atom stereocenters. The van der Waals surface area contributed by atoms with Crippen molar-refractivity contribution in [3.8, 4) is 0 Å². The van der Waals surface area contributed by atoms with Gasteiger partial charge in [-0.1, -0.05) is 45.9 Å². The van der Waals surface area contributed by atoms with E-state index < -0.39 is 78.3 Å². The fourth-order valence-corrected chi connectivity index (χ4v) is 17.4. The van der Waals surface area contributed by atoms with E-state index in [9.17, 15) is 29.4 Å². The lowest BCUT2D eigenvalue weighted by atomic mass is 9.51. The second-order valence-electron chi connectivity index (χ2n) is 13.9. The number of benzene rings is 2. The number of anilines is 1. The molecule has 244 valence electrons. The van der Waals surface area contributed by atoms with Crippen LogP contribution >= 0.6 is 43.2 Å². The van der Waals surface area contributed by atoms with Crippen molar-refractivity contribution in [1.82, 2.24) is 19.6 Å². The lowest BCUT2D eigenvalue weighted by Crippen LogP contribution is -2.77. The second-order valence-corrected chi connectivity index (χ2v) is 19.4. The Bertz CT molecular complexity index is 1950. The highest BCUT2D eigenvalue weighted by Crippen LogP contribution is 2.78. The predicted molar refractivity (Wildman–Crippen MR) is 175 cm³/mol. The Kier molecular flexibility index (Phi) is 5.12. The zero-order chi connectivity index (χ0) is 33.0. The first-order valence-corrected chi connectivity index (χ1v) is 19.5. The molecule has 0 saturated carbocycles. The minimum atomic E-state index is -1.83. The van der Waals surface area contributed by atoms with E-state index in [0.29, 0.717) is 22.4 Å². The van der Waals surface area contributed by atoms with Crippen molar-refractivity contribution in [3.05, 3.63) is 65.0 Å². The molecule has 2 aromatic carbocycles. The molecular formula is C31H28FN5O6S4. The van der Waals surface area contributed by atoms with Crippen molar-refractivity contribution in [3.63, 3.8) is 0 Å². The van der Waals surface area contributed by atoms with E-state index in [-0.39, 0.29) is 12.3 Å². The van der Waals surface area contributed by atoms with Crippen LogP contribution < -0.4 is 5.32 Å². The quantitative estimate of drug-likeness (QED) is 0.373. The fraction of sp³-hybridized carbons (Fsp3) is 0.484. The first-order valence-electron chi connectivity index (χ1n) is 15.2. The fourth-order valence-electron chi connectivity index (χ4n) is 10.2. The summed E-state index contributed by atoms with van der Waals surface area (Å²) in [7, 11) is 7.73. The average Bonchev–Trinajstić information content (AvgIpc) is 3.70. The molecule has 2 aromatic rings. The van der Waals surface area contributed by atoms with Crippen molar-refractivity contribution in [2.24, 2.45) is 0 Å². The molecule has 10 aliphatic rings. The number of nitrogens with zero attached hydrogens (tertiary/aromatic N) is 4. The average molecular weight is 714 g/mol. The number of hydrogen-bond acceptors (Lipinski definition) is 11. The number of piperazine rings is 2. The molecule has 0 radical (unpaired) electrons. The van der Waals surface area contributed by atoms with Crippen molar-refractivity contribution < 1.29 is 33.8 Å². The zero-order valence-corrected chi connectivity index (χ0v) is 28.7. The Morgan fingerprint density at radius 2 is 1.34 bits per heavy atom. The number of likely N-dealkylation sites (N-methyl/N-ethyl adjacent to an activating group) is 2. The maximum absolute atomic E-state index is 15.6. The highest BCUT2D eigenvalue weighted by Gasteiger charge is 2.92. The monoisotopic (exact) mass is 713 g/mol. The van der Waals surface area contributed by atoms with E-state index in [1.165, 1.54) is 53.3 Å². The molecule has 0 unspecified atom stereocenters. The number of fused-ring (bicyclic) bond motifs is 11. The molecule has 12 rings (SSSR count). The van der Waals surface area contributed by atoms with Gasteiger partial charge >= 0.3 is 0 Å². The van der Waals surface area contributed by atoms with Gasteiger partial charge in [-0.15, -0.1) is 0 Å². The van der Waals surface area contributed by atoms with E-state index in [2.05, 4.69) is 5.32 Å². The molecule has 1 aliphatic carbocycles. The van der Waals surface area contributed by atoms with Crippen molar-refractivity contribution in [2.75, 3.05) is 19.4 Å². The summed E-state index contributed by atoms with van der Waals surface area (Å²) < 4.78 is 15.6. The zero-order valence-electron chi connectivity index (χ0n) is 25.4. The number of carbonyl (C=O) groups is 4. The van der Waals surface area contributed by atoms with Crippen LogP contribution in [0, 0.1) is 5.82 Å². The van der Waals surface area contributed by atoms with Gasteiger partial charge in [0.15, 0.2) is 9.74 Å². The van der Waals surface area contributed by atoms with Crippen LogP contribution in [0.15, 0.2) is 42.5 Å². The molecule has 3 N–H and O–H groups in total. The van der Waals surface area contributed by atoms with Gasteiger partial charge in [-0.25, -0.2) is 4.39 Å². The van der Waals surface area contributed by atoms with Gasteiger partial charge in [-0.05, 0) is 76.7 Å². The van der Waals surface area contributed by atoms with Crippen molar-refractivity contribution >= 4 is 72.5 Å². The molecule has 8 fully saturated rings. The number of para-hydroxylation sites is 1. The predicted octanol–water partition coefficient (Wildman–Crippen LogP) is 1.64. The highest BCUT2D eigenvalue weighted by atomic mass is 33.1. The Morgan fingerprint density at radius 1 is 0.766 bits per heavy atom. The summed E-state index contributed by atoms with van der Waals surface area (Å²) in [5.41, 5.74) is -1.40. The van der Waals surface area contributed by atoms with Gasteiger partial charge in [0.1, 0.15) is 24.2 Å². The molecule has 2 spiro atoms. The topological polar surface area (TPSA) is 134 Å². The summed E-state index contributed by atoms with van der Waals surface area (Å²) >= 11 is 0. The third-order valence-corrected chi connectivity index (χ3v) is 19.9. The molecule has 4 amide bonds. The molecule has 4 bridgehead atoms. The Hall–Kier alpha value is -2.63. The Balaban J connectivity index is 1.36. The van der Waals surface area contributed by atoms with E-state index in [1.54, 1.807) is 58.3 Å². The summed E-state index contributed by atoms with van der Waals surface area (Å²) in [6.07, 6.45) is -4.31. The van der Waals surface area contributed by atoms with E-state index >= 15 is 4.39 Å². The number of amides is 4. The van der Waals surface area contributed by atoms with Crippen LogP contribution in [0.25, 0.3) is 0 Å². The van der Waals surface area contributed by atoms with Crippen LogP contribution in [-0.2, 0) is 36.4 Å². The first kappa shape index (κ1) is 29.3. The van der Waals surface area contributed by atoms with Crippen molar-refractivity contribution in [1.29, 1.82) is 0 Å². The van der Waals surface area contributed by atoms with Gasteiger partial charge in [0.25, 0.3) is 23.6 Å². The third kappa shape index (κ3) is 2.50.